The monoisotopic (exact) mass is 271 g/mol. The fourth-order valence-electron chi connectivity index (χ4n) is 2.49. The normalized spacial score (nSPS) is 12.8. The molecule has 1 aromatic heterocycles. The molecule has 3 heteroatoms. The van der Waals surface area contributed by atoms with Gasteiger partial charge in [-0.25, -0.2) is 0 Å². The summed E-state index contributed by atoms with van der Waals surface area (Å²) in [6, 6.07) is 11.3. The number of hydrogen-bond donors (Lipinski definition) is 1. The molecule has 108 valence electrons. The summed E-state index contributed by atoms with van der Waals surface area (Å²) in [6.45, 7) is 8.48. The fourth-order valence-corrected chi connectivity index (χ4v) is 2.49. The number of hydrogen-bond acceptors (Lipinski definition) is 2. The summed E-state index contributed by atoms with van der Waals surface area (Å²) in [6.07, 6.45) is 4.98. The van der Waals surface area contributed by atoms with E-state index >= 15 is 0 Å². The van der Waals surface area contributed by atoms with E-state index in [4.69, 9.17) is 0 Å². The molecule has 1 aromatic carbocycles. The van der Waals surface area contributed by atoms with Gasteiger partial charge in [0.25, 0.3) is 0 Å². The number of nitrogens with zero attached hydrogens (tertiary/aromatic N) is 2. The van der Waals surface area contributed by atoms with E-state index in [-0.39, 0.29) is 0 Å². The van der Waals surface area contributed by atoms with Gasteiger partial charge in [0.05, 0.1) is 12.6 Å². The Morgan fingerprint density at radius 3 is 2.50 bits per heavy atom. The first-order chi connectivity index (χ1) is 9.69. The van der Waals surface area contributed by atoms with E-state index in [0.717, 1.165) is 19.5 Å². The number of likely N-dealkylation sites (N-methyl/N-ethyl adjacent to an activating group) is 1. The predicted octanol–water partition coefficient (Wildman–Crippen LogP) is 3.43. The molecule has 0 spiro atoms. The summed E-state index contributed by atoms with van der Waals surface area (Å²) in [5.74, 6) is 0.703. The predicted molar refractivity (Wildman–Crippen MR) is 83.6 cm³/mol. The van der Waals surface area contributed by atoms with Crippen molar-refractivity contribution in [3.8, 4) is 0 Å². The second-order valence-corrected chi connectivity index (χ2v) is 5.68. The average Bonchev–Trinajstić information content (AvgIpc) is 2.91. The molecule has 1 atom stereocenters. The number of nitrogens with one attached hydrogen (secondary N) is 1. The maximum Gasteiger partial charge on any atom is 0.0604 e. The summed E-state index contributed by atoms with van der Waals surface area (Å²) in [5, 5.41) is 7.83. The molecule has 0 aliphatic heterocycles. The van der Waals surface area contributed by atoms with Gasteiger partial charge in [0.15, 0.2) is 0 Å². The molecule has 0 aliphatic rings. The van der Waals surface area contributed by atoms with Crippen molar-refractivity contribution in [1.29, 1.82) is 0 Å². The molecule has 0 saturated carbocycles. The minimum absolute atomic E-state index is 0.313. The molecule has 1 heterocycles. The van der Waals surface area contributed by atoms with Crippen LogP contribution in [0.3, 0.4) is 0 Å². The van der Waals surface area contributed by atoms with Crippen LogP contribution in [0.4, 0.5) is 0 Å². The fraction of sp³-hybridized carbons (Fsp3) is 0.471. The van der Waals surface area contributed by atoms with Crippen molar-refractivity contribution in [3.63, 3.8) is 0 Å². The van der Waals surface area contributed by atoms with Crippen LogP contribution in [0.15, 0.2) is 42.7 Å². The van der Waals surface area contributed by atoms with Gasteiger partial charge in [-0.1, -0.05) is 45.0 Å². The van der Waals surface area contributed by atoms with E-state index in [2.05, 4.69) is 55.5 Å². The molecule has 0 saturated heterocycles. The van der Waals surface area contributed by atoms with Crippen molar-refractivity contribution in [3.05, 3.63) is 53.9 Å². The first kappa shape index (κ1) is 14.8. The standard InChI is InChI=1S/C17H25N3/c1-4-18-17(13-20-11-5-10-19-20)16-8-6-15(7-9-16)12-14(2)3/h5-11,14,17-18H,4,12-13H2,1-3H3. The third-order valence-corrected chi connectivity index (χ3v) is 3.41. The quantitative estimate of drug-likeness (QED) is 0.836. The van der Waals surface area contributed by atoms with Gasteiger partial charge in [-0.3, -0.25) is 4.68 Å². The van der Waals surface area contributed by atoms with Crippen LogP contribution in [-0.4, -0.2) is 16.3 Å². The minimum Gasteiger partial charge on any atom is -0.309 e. The van der Waals surface area contributed by atoms with Gasteiger partial charge in [0, 0.05) is 12.4 Å². The lowest BCUT2D eigenvalue weighted by molar-refractivity contribution is 0.448. The first-order valence-electron chi connectivity index (χ1n) is 7.48. The molecular weight excluding hydrogens is 246 g/mol. The van der Waals surface area contributed by atoms with Crippen molar-refractivity contribution in [2.75, 3.05) is 6.54 Å². The lowest BCUT2D eigenvalue weighted by atomic mass is 9.99. The van der Waals surface area contributed by atoms with Crippen LogP contribution in [0.1, 0.15) is 37.9 Å². The molecule has 2 aromatic rings. The zero-order valence-electron chi connectivity index (χ0n) is 12.7. The van der Waals surface area contributed by atoms with E-state index in [0.29, 0.717) is 12.0 Å². The highest BCUT2D eigenvalue weighted by molar-refractivity contribution is 5.25. The molecule has 3 nitrogen and oxygen atoms in total. The molecular formula is C17H25N3. The van der Waals surface area contributed by atoms with Crippen LogP contribution in [0.2, 0.25) is 0 Å². The highest BCUT2D eigenvalue weighted by atomic mass is 15.3. The zero-order valence-corrected chi connectivity index (χ0v) is 12.7. The van der Waals surface area contributed by atoms with Crippen molar-refractivity contribution in [2.45, 2.75) is 39.8 Å². The second kappa shape index (κ2) is 7.25. The Morgan fingerprint density at radius 1 is 1.20 bits per heavy atom. The maximum absolute atomic E-state index is 4.30. The van der Waals surface area contributed by atoms with E-state index in [1.807, 2.05) is 23.1 Å². The summed E-state index contributed by atoms with van der Waals surface area (Å²) in [5.41, 5.74) is 2.74. The molecule has 20 heavy (non-hydrogen) atoms. The van der Waals surface area contributed by atoms with Gasteiger partial charge >= 0.3 is 0 Å². The Labute approximate surface area is 122 Å². The average molecular weight is 271 g/mol. The number of benzene rings is 1. The van der Waals surface area contributed by atoms with Crippen molar-refractivity contribution < 1.29 is 0 Å². The molecule has 1 unspecified atom stereocenters. The molecule has 0 fully saturated rings. The highest BCUT2D eigenvalue weighted by Crippen LogP contribution is 2.17. The molecule has 2 rings (SSSR count). The van der Waals surface area contributed by atoms with Crippen LogP contribution < -0.4 is 5.32 Å². The van der Waals surface area contributed by atoms with Crippen LogP contribution in [-0.2, 0) is 13.0 Å². The first-order valence-corrected chi connectivity index (χ1v) is 7.48. The SMILES string of the molecule is CCNC(Cn1cccn1)c1ccc(CC(C)C)cc1. The Morgan fingerprint density at radius 2 is 1.95 bits per heavy atom. The Kier molecular flexibility index (Phi) is 5.36. The van der Waals surface area contributed by atoms with Gasteiger partial charge < -0.3 is 5.32 Å². The minimum atomic E-state index is 0.313. The van der Waals surface area contributed by atoms with Crippen LogP contribution in [0, 0.1) is 5.92 Å². The van der Waals surface area contributed by atoms with Crippen molar-refractivity contribution in [2.24, 2.45) is 5.92 Å². The van der Waals surface area contributed by atoms with Gasteiger partial charge in [-0.15, -0.1) is 0 Å². The van der Waals surface area contributed by atoms with E-state index in [1.54, 1.807) is 0 Å². The number of rotatable bonds is 7. The van der Waals surface area contributed by atoms with E-state index in [1.165, 1.54) is 11.1 Å². The van der Waals surface area contributed by atoms with Crippen LogP contribution >= 0.6 is 0 Å². The number of aromatic nitrogens is 2. The highest BCUT2D eigenvalue weighted by Gasteiger charge is 2.11. The van der Waals surface area contributed by atoms with E-state index in [9.17, 15) is 0 Å². The maximum atomic E-state index is 4.30. The largest absolute Gasteiger partial charge is 0.309 e. The van der Waals surface area contributed by atoms with E-state index < -0.39 is 0 Å². The summed E-state index contributed by atoms with van der Waals surface area (Å²) >= 11 is 0. The van der Waals surface area contributed by atoms with Crippen molar-refractivity contribution in [1.82, 2.24) is 15.1 Å². The topological polar surface area (TPSA) is 29.9 Å². The Balaban J connectivity index is 2.08. The lowest BCUT2D eigenvalue weighted by Gasteiger charge is -2.19. The molecule has 0 bridgehead atoms. The third kappa shape index (κ3) is 4.20. The summed E-state index contributed by atoms with van der Waals surface area (Å²) in [4.78, 5) is 0. The lowest BCUT2D eigenvalue weighted by Crippen LogP contribution is -2.25. The molecule has 0 aliphatic carbocycles. The summed E-state index contributed by atoms with van der Waals surface area (Å²) in [7, 11) is 0. The molecule has 1 N–H and O–H groups in total. The van der Waals surface area contributed by atoms with Gasteiger partial charge in [0.1, 0.15) is 0 Å². The van der Waals surface area contributed by atoms with Gasteiger partial charge in [0.2, 0.25) is 0 Å². The Bertz CT molecular complexity index is 485. The van der Waals surface area contributed by atoms with Gasteiger partial charge in [-0.2, -0.15) is 5.10 Å². The van der Waals surface area contributed by atoms with Crippen LogP contribution in [0.25, 0.3) is 0 Å². The molecule has 0 radical (unpaired) electrons. The second-order valence-electron chi connectivity index (χ2n) is 5.68. The smallest absolute Gasteiger partial charge is 0.0604 e. The van der Waals surface area contributed by atoms with Crippen molar-refractivity contribution >= 4 is 0 Å². The Hall–Kier alpha value is -1.61. The molecule has 0 amide bonds. The zero-order chi connectivity index (χ0) is 14.4. The third-order valence-electron chi connectivity index (χ3n) is 3.41. The van der Waals surface area contributed by atoms with Gasteiger partial charge in [-0.05, 0) is 36.1 Å². The van der Waals surface area contributed by atoms with Crippen LogP contribution in [0.5, 0.6) is 0 Å². The summed E-state index contributed by atoms with van der Waals surface area (Å²) < 4.78 is 1.98.